The van der Waals surface area contributed by atoms with E-state index in [0.29, 0.717) is 18.9 Å². The zero-order valence-electron chi connectivity index (χ0n) is 14.3. The highest BCUT2D eigenvalue weighted by atomic mass is 32.1. The lowest BCUT2D eigenvalue weighted by Crippen LogP contribution is -2.41. The minimum Gasteiger partial charge on any atom is -0.492 e. The van der Waals surface area contributed by atoms with Crippen LogP contribution in [-0.4, -0.2) is 30.6 Å². The summed E-state index contributed by atoms with van der Waals surface area (Å²) < 4.78 is 11.4. The van der Waals surface area contributed by atoms with Crippen molar-refractivity contribution < 1.29 is 14.3 Å². The van der Waals surface area contributed by atoms with Gasteiger partial charge in [0.1, 0.15) is 18.1 Å². The number of aromatic nitrogens is 1. The van der Waals surface area contributed by atoms with E-state index < -0.39 is 0 Å². The molecule has 3 aromatic rings. The van der Waals surface area contributed by atoms with Crippen LogP contribution in [0.25, 0.3) is 11.3 Å². The van der Waals surface area contributed by atoms with E-state index >= 15 is 0 Å². The molecule has 6 heteroatoms. The molecule has 1 amide bonds. The molecule has 26 heavy (non-hydrogen) atoms. The average molecular weight is 366 g/mol. The van der Waals surface area contributed by atoms with Gasteiger partial charge in [-0.2, -0.15) is 0 Å². The lowest BCUT2D eigenvalue weighted by atomic mass is 10.1. The van der Waals surface area contributed by atoms with Gasteiger partial charge in [-0.1, -0.05) is 17.7 Å². The van der Waals surface area contributed by atoms with Gasteiger partial charge in [0.2, 0.25) is 0 Å². The molecule has 0 atom stereocenters. The molecular weight excluding hydrogens is 348 g/mol. The summed E-state index contributed by atoms with van der Waals surface area (Å²) in [5.41, 5.74) is 5.60. The van der Waals surface area contributed by atoms with Crippen LogP contribution in [0.4, 0.5) is 5.69 Å². The van der Waals surface area contributed by atoms with Crippen molar-refractivity contribution in [1.82, 2.24) is 4.98 Å². The minimum atomic E-state index is -0.0690. The number of carbonyl (C=O) groups excluding carboxylic acids is 1. The molecule has 0 saturated heterocycles. The van der Waals surface area contributed by atoms with Gasteiger partial charge in [-0.15, -0.1) is 11.3 Å². The number of nitrogens with zero attached hydrogens (tertiary/aromatic N) is 2. The molecule has 0 fully saturated rings. The molecule has 0 radical (unpaired) electrons. The Hall–Kier alpha value is -2.86. The van der Waals surface area contributed by atoms with E-state index in [1.54, 1.807) is 21.7 Å². The van der Waals surface area contributed by atoms with Crippen molar-refractivity contribution in [2.45, 2.75) is 6.92 Å². The maximum absolute atomic E-state index is 12.4. The second kappa shape index (κ2) is 7.17. The number of anilines is 1. The van der Waals surface area contributed by atoms with Crippen molar-refractivity contribution in [3.8, 4) is 22.8 Å². The molecule has 0 unspecified atom stereocenters. The highest BCUT2D eigenvalue weighted by molar-refractivity contribution is 7.07. The Kier molecular flexibility index (Phi) is 4.58. The number of hydrogen-bond donors (Lipinski definition) is 0. The average Bonchev–Trinajstić information content (AvgIpc) is 3.19. The maximum atomic E-state index is 12.4. The van der Waals surface area contributed by atoms with Crippen molar-refractivity contribution >= 4 is 22.9 Å². The van der Waals surface area contributed by atoms with Crippen LogP contribution in [0, 0.1) is 6.92 Å². The number of thiazole rings is 1. The fraction of sp³-hybridized carbons (Fsp3) is 0.200. The van der Waals surface area contributed by atoms with Gasteiger partial charge < -0.3 is 14.4 Å². The Morgan fingerprint density at radius 3 is 2.85 bits per heavy atom. The fourth-order valence-corrected chi connectivity index (χ4v) is 3.41. The summed E-state index contributed by atoms with van der Waals surface area (Å²) in [6.07, 6.45) is 0. The molecule has 2 aromatic carbocycles. The molecule has 0 bridgehead atoms. The van der Waals surface area contributed by atoms with Gasteiger partial charge in [0.15, 0.2) is 6.61 Å². The van der Waals surface area contributed by atoms with Crippen LogP contribution in [0.5, 0.6) is 11.5 Å². The predicted molar refractivity (Wildman–Crippen MR) is 102 cm³/mol. The first kappa shape index (κ1) is 16.6. The van der Waals surface area contributed by atoms with Gasteiger partial charge >= 0.3 is 0 Å². The first-order chi connectivity index (χ1) is 12.7. The lowest BCUT2D eigenvalue weighted by molar-refractivity contribution is -0.121. The zero-order chi connectivity index (χ0) is 17.9. The van der Waals surface area contributed by atoms with Gasteiger partial charge in [-0.25, -0.2) is 4.98 Å². The number of rotatable bonds is 5. The van der Waals surface area contributed by atoms with E-state index in [1.807, 2.05) is 54.8 Å². The first-order valence-corrected chi connectivity index (χ1v) is 9.30. The van der Waals surface area contributed by atoms with Crippen molar-refractivity contribution in [3.63, 3.8) is 0 Å². The number of ether oxygens (including phenoxy) is 2. The predicted octanol–water partition coefficient (Wildman–Crippen LogP) is 3.92. The van der Waals surface area contributed by atoms with Crippen LogP contribution >= 0.6 is 11.3 Å². The molecule has 0 saturated carbocycles. The van der Waals surface area contributed by atoms with E-state index in [-0.39, 0.29) is 12.5 Å². The molecular formula is C20H18N2O3S. The summed E-state index contributed by atoms with van der Waals surface area (Å²) in [4.78, 5) is 18.4. The molecule has 0 spiro atoms. The third-order valence-electron chi connectivity index (χ3n) is 4.23. The third-order valence-corrected chi connectivity index (χ3v) is 4.82. The summed E-state index contributed by atoms with van der Waals surface area (Å²) in [6, 6.07) is 13.7. The molecule has 5 nitrogen and oxygen atoms in total. The molecule has 132 valence electrons. The number of benzene rings is 2. The van der Waals surface area contributed by atoms with E-state index in [4.69, 9.17) is 9.47 Å². The second-order valence-corrected chi connectivity index (χ2v) is 6.77. The monoisotopic (exact) mass is 366 g/mol. The Morgan fingerprint density at radius 2 is 2.08 bits per heavy atom. The van der Waals surface area contributed by atoms with E-state index in [0.717, 1.165) is 22.7 Å². The zero-order valence-corrected chi connectivity index (χ0v) is 15.2. The maximum Gasteiger partial charge on any atom is 0.265 e. The lowest BCUT2D eigenvalue weighted by Gasteiger charge is -2.29. The van der Waals surface area contributed by atoms with Gasteiger partial charge in [-0.3, -0.25) is 4.79 Å². The van der Waals surface area contributed by atoms with E-state index in [9.17, 15) is 4.79 Å². The minimum absolute atomic E-state index is 0.0492. The van der Waals surface area contributed by atoms with Crippen LogP contribution in [0.3, 0.4) is 0 Å². The molecule has 1 aliphatic heterocycles. The van der Waals surface area contributed by atoms with Gasteiger partial charge in [0, 0.05) is 10.9 Å². The van der Waals surface area contributed by atoms with Crippen LogP contribution in [0.2, 0.25) is 0 Å². The van der Waals surface area contributed by atoms with Crippen LogP contribution in [0.15, 0.2) is 53.4 Å². The van der Waals surface area contributed by atoms with Crippen molar-refractivity contribution in [2.75, 3.05) is 24.7 Å². The molecule has 4 rings (SSSR count). The number of aryl methyl sites for hydroxylation is 1. The molecule has 1 aliphatic rings. The summed E-state index contributed by atoms with van der Waals surface area (Å²) in [7, 11) is 0. The standard InChI is InChI=1S/C20H18N2O3S/c1-14-2-5-16(6-3-14)24-9-8-22-18-10-15(17-12-26-13-21-17)4-7-19(18)25-11-20(22)23/h2-7,10,12-13H,8-9,11H2,1H3. The summed E-state index contributed by atoms with van der Waals surface area (Å²) in [5.74, 6) is 1.44. The first-order valence-electron chi connectivity index (χ1n) is 8.36. The largest absolute Gasteiger partial charge is 0.492 e. The topological polar surface area (TPSA) is 51.7 Å². The number of amides is 1. The summed E-state index contributed by atoms with van der Waals surface area (Å²) in [6.45, 7) is 2.96. The smallest absolute Gasteiger partial charge is 0.265 e. The van der Waals surface area contributed by atoms with E-state index in [1.165, 1.54) is 5.56 Å². The molecule has 0 aliphatic carbocycles. The quantitative estimate of drug-likeness (QED) is 0.687. The van der Waals surface area contributed by atoms with E-state index in [2.05, 4.69) is 4.98 Å². The van der Waals surface area contributed by atoms with Crippen molar-refractivity contribution in [3.05, 3.63) is 58.9 Å². The third kappa shape index (κ3) is 3.41. The second-order valence-electron chi connectivity index (χ2n) is 6.05. The number of carbonyl (C=O) groups is 1. The summed E-state index contributed by atoms with van der Waals surface area (Å²) >= 11 is 1.54. The summed E-state index contributed by atoms with van der Waals surface area (Å²) in [5, 5.41) is 1.98. The highest BCUT2D eigenvalue weighted by Gasteiger charge is 2.26. The van der Waals surface area contributed by atoms with Crippen LogP contribution in [-0.2, 0) is 4.79 Å². The van der Waals surface area contributed by atoms with Crippen molar-refractivity contribution in [2.24, 2.45) is 0 Å². The van der Waals surface area contributed by atoms with Crippen molar-refractivity contribution in [1.29, 1.82) is 0 Å². The Labute approximate surface area is 155 Å². The molecule has 2 heterocycles. The van der Waals surface area contributed by atoms with Crippen LogP contribution in [0.1, 0.15) is 5.56 Å². The SMILES string of the molecule is Cc1ccc(OCCN2C(=O)COc3ccc(-c4cscn4)cc32)cc1. The fourth-order valence-electron chi connectivity index (χ4n) is 2.85. The van der Waals surface area contributed by atoms with Gasteiger partial charge in [-0.05, 0) is 37.3 Å². The molecule has 1 aromatic heterocycles. The highest BCUT2D eigenvalue weighted by Crippen LogP contribution is 2.35. The van der Waals surface area contributed by atoms with Gasteiger partial charge in [0.05, 0.1) is 23.4 Å². The van der Waals surface area contributed by atoms with Gasteiger partial charge in [0.25, 0.3) is 5.91 Å². The molecule has 0 N–H and O–H groups in total. The number of hydrogen-bond acceptors (Lipinski definition) is 5. The Morgan fingerprint density at radius 1 is 1.23 bits per heavy atom. The Balaban J connectivity index is 1.52. The normalized spacial score (nSPS) is 13.3. The van der Waals surface area contributed by atoms with Crippen LogP contribution < -0.4 is 14.4 Å². The Bertz CT molecular complexity index is 907. The number of fused-ring (bicyclic) bond motifs is 1.